The van der Waals surface area contributed by atoms with Crippen molar-refractivity contribution in [1.29, 1.82) is 0 Å². The smallest absolute Gasteiger partial charge is 0.305 e. The van der Waals surface area contributed by atoms with E-state index in [1.54, 1.807) is 0 Å². The number of rotatable bonds is 8. The van der Waals surface area contributed by atoms with Crippen LogP contribution in [0.5, 0.6) is 0 Å². The molecule has 0 aromatic carbocycles. The van der Waals surface area contributed by atoms with Gasteiger partial charge < -0.3 is 4.74 Å². The van der Waals surface area contributed by atoms with Gasteiger partial charge in [0.05, 0.1) is 7.11 Å². The fourth-order valence-corrected chi connectivity index (χ4v) is 1.42. The van der Waals surface area contributed by atoms with Gasteiger partial charge in [-0.15, -0.1) is 0 Å². The molecule has 2 heteroatoms. The van der Waals surface area contributed by atoms with Crippen molar-refractivity contribution < 1.29 is 9.53 Å². The van der Waals surface area contributed by atoms with Gasteiger partial charge >= 0.3 is 5.97 Å². The van der Waals surface area contributed by atoms with Gasteiger partial charge in [0.2, 0.25) is 0 Å². The molecular weight excluding hydrogens is 176 g/mol. The average Bonchev–Trinajstić information content (AvgIpc) is 2.22. The summed E-state index contributed by atoms with van der Waals surface area (Å²) in [5.41, 5.74) is 0. The molecule has 0 saturated carbocycles. The van der Waals surface area contributed by atoms with Crippen LogP contribution in [0.2, 0.25) is 0 Å². The van der Waals surface area contributed by atoms with Crippen LogP contribution in [0.25, 0.3) is 0 Å². The van der Waals surface area contributed by atoms with E-state index in [1.165, 1.54) is 32.8 Å². The number of ether oxygens (including phenoxy) is 1. The summed E-state index contributed by atoms with van der Waals surface area (Å²) >= 11 is 0. The zero-order valence-electron chi connectivity index (χ0n) is 9.84. The van der Waals surface area contributed by atoms with Crippen molar-refractivity contribution in [2.45, 2.75) is 58.8 Å². The molecule has 0 amide bonds. The van der Waals surface area contributed by atoms with Crippen molar-refractivity contribution in [2.75, 3.05) is 7.11 Å². The Kier molecular flexibility index (Phi) is 8.70. The van der Waals surface area contributed by atoms with Crippen LogP contribution in [0.3, 0.4) is 0 Å². The second-order valence-electron chi connectivity index (χ2n) is 4.04. The lowest BCUT2D eigenvalue weighted by Crippen LogP contribution is -1.99. The third-order valence-corrected chi connectivity index (χ3v) is 2.75. The van der Waals surface area contributed by atoms with Crippen LogP contribution in [0.4, 0.5) is 0 Å². The molecule has 14 heavy (non-hydrogen) atoms. The molecule has 0 aliphatic heterocycles. The number of unbranched alkanes of at least 4 members (excludes halogenated alkanes) is 3. The minimum absolute atomic E-state index is 0.0769. The number of methoxy groups -OCH3 is 1. The highest BCUT2D eigenvalue weighted by molar-refractivity contribution is 5.68. The SMILES string of the molecule is CCC(C)CCCCCCC(=O)OC. The second kappa shape index (κ2) is 9.04. The molecular formula is C12H24O2. The van der Waals surface area contributed by atoms with Gasteiger partial charge in [-0.05, 0) is 12.3 Å². The molecule has 0 spiro atoms. The lowest BCUT2D eigenvalue weighted by atomic mass is 10.0. The predicted octanol–water partition coefficient (Wildman–Crippen LogP) is 3.55. The molecule has 0 fully saturated rings. The Balaban J connectivity index is 3.10. The number of esters is 1. The van der Waals surface area contributed by atoms with Gasteiger partial charge in [-0.2, -0.15) is 0 Å². The monoisotopic (exact) mass is 200 g/mol. The van der Waals surface area contributed by atoms with Gasteiger partial charge in [0, 0.05) is 6.42 Å². The van der Waals surface area contributed by atoms with Crippen LogP contribution in [0.15, 0.2) is 0 Å². The quantitative estimate of drug-likeness (QED) is 0.442. The summed E-state index contributed by atoms with van der Waals surface area (Å²) in [6.07, 6.45) is 7.88. The zero-order chi connectivity index (χ0) is 10.8. The Hall–Kier alpha value is -0.530. The highest BCUT2D eigenvalue weighted by Crippen LogP contribution is 2.13. The molecule has 0 saturated heterocycles. The molecule has 0 aromatic rings. The highest BCUT2D eigenvalue weighted by atomic mass is 16.5. The molecule has 0 bridgehead atoms. The molecule has 0 aliphatic carbocycles. The maximum atomic E-state index is 10.8. The van der Waals surface area contributed by atoms with Crippen LogP contribution >= 0.6 is 0 Å². The summed E-state index contributed by atoms with van der Waals surface area (Å²) < 4.78 is 4.57. The third-order valence-electron chi connectivity index (χ3n) is 2.75. The molecule has 0 rings (SSSR count). The first kappa shape index (κ1) is 13.5. The third kappa shape index (κ3) is 8.09. The lowest BCUT2D eigenvalue weighted by Gasteiger charge is -2.07. The normalized spacial score (nSPS) is 12.5. The van der Waals surface area contributed by atoms with Crippen LogP contribution in [0.1, 0.15) is 58.8 Å². The summed E-state index contributed by atoms with van der Waals surface area (Å²) in [7, 11) is 1.45. The van der Waals surface area contributed by atoms with Gasteiger partial charge in [0.15, 0.2) is 0 Å². The van der Waals surface area contributed by atoms with E-state index in [9.17, 15) is 4.79 Å². The van der Waals surface area contributed by atoms with E-state index in [-0.39, 0.29) is 5.97 Å². The van der Waals surface area contributed by atoms with Crippen LogP contribution in [-0.4, -0.2) is 13.1 Å². The highest BCUT2D eigenvalue weighted by Gasteiger charge is 2.00. The maximum absolute atomic E-state index is 10.8. The Morgan fingerprint density at radius 1 is 1.21 bits per heavy atom. The molecule has 0 aromatic heterocycles. The first-order valence-corrected chi connectivity index (χ1v) is 5.77. The van der Waals surface area contributed by atoms with Gasteiger partial charge in [-0.3, -0.25) is 4.79 Å². The Morgan fingerprint density at radius 2 is 1.86 bits per heavy atom. The molecule has 0 heterocycles. The van der Waals surface area contributed by atoms with E-state index in [0.717, 1.165) is 18.8 Å². The van der Waals surface area contributed by atoms with Crippen LogP contribution in [0, 0.1) is 5.92 Å². The fourth-order valence-electron chi connectivity index (χ4n) is 1.42. The van der Waals surface area contributed by atoms with Crippen LogP contribution < -0.4 is 0 Å². The molecule has 0 aliphatic rings. The first-order valence-electron chi connectivity index (χ1n) is 5.77. The molecule has 0 radical (unpaired) electrons. The van der Waals surface area contributed by atoms with Crippen molar-refractivity contribution in [3.05, 3.63) is 0 Å². The summed E-state index contributed by atoms with van der Waals surface area (Å²) in [4.78, 5) is 10.8. The van der Waals surface area contributed by atoms with Gasteiger partial charge in [-0.25, -0.2) is 0 Å². The fraction of sp³-hybridized carbons (Fsp3) is 0.917. The van der Waals surface area contributed by atoms with Gasteiger partial charge in [-0.1, -0.05) is 46.0 Å². The minimum atomic E-state index is -0.0769. The van der Waals surface area contributed by atoms with Crippen molar-refractivity contribution in [1.82, 2.24) is 0 Å². The van der Waals surface area contributed by atoms with E-state index in [2.05, 4.69) is 18.6 Å². The molecule has 0 N–H and O–H groups in total. The summed E-state index contributed by atoms with van der Waals surface area (Å²) in [6, 6.07) is 0. The summed E-state index contributed by atoms with van der Waals surface area (Å²) in [5.74, 6) is 0.780. The molecule has 2 nitrogen and oxygen atoms in total. The summed E-state index contributed by atoms with van der Waals surface area (Å²) in [6.45, 7) is 4.54. The second-order valence-corrected chi connectivity index (χ2v) is 4.04. The van der Waals surface area contributed by atoms with E-state index < -0.39 is 0 Å². The Labute approximate surface area is 88.0 Å². The van der Waals surface area contributed by atoms with Gasteiger partial charge in [0.1, 0.15) is 0 Å². The number of carbonyl (C=O) groups is 1. The van der Waals surface area contributed by atoms with E-state index in [1.807, 2.05) is 0 Å². The topological polar surface area (TPSA) is 26.3 Å². The van der Waals surface area contributed by atoms with Crippen LogP contribution in [-0.2, 0) is 9.53 Å². The van der Waals surface area contributed by atoms with E-state index >= 15 is 0 Å². The Bertz CT molecular complexity index is 143. The zero-order valence-corrected chi connectivity index (χ0v) is 9.84. The van der Waals surface area contributed by atoms with Crippen molar-refractivity contribution in [2.24, 2.45) is 5.92 Å². The minimum Gasteiger partial charge on any atom is -0.469 e. The number of hydrogen-bond acceptors (Lipinski definition) is 2. The Morgan fingerprint density at radius 3 is 2.43 bits per heavy atom. The molecule has 1 atom stereocenters. The van der Waals surface area contributed by atoms with Gasteiger partial charge in [0.25, 0.3) is 0 Å². The lowest BCUT2D eigenvalue weighted by molar-refractivity contribution is -0.140. The predicted molar refractivity (Wildman–Crippen MR) is 59.2 cm³/mol. The molecule has 1 unspecified atom stereocenters. The first-order chi connectivity index (χ1) is 6.70. The number of hydrogen-bond donors (Lipinski definition) is 0. The van der Waals surface area contributed by atoms with E-state index in [0.29, 0.717) is 6.42 Å². The average molecular weight is 200 g/mol. The summed E-state index contributed by atoms with van der Waals surface area (Å²) in [5, 5.41) is 0. The standard InChI is InChI=1S/C12H24O2/c1-4-11(2)9-7-5-6-8-10-12(13)14-3/h11H,4-10H2,1-3H3. The number of carbonyl (C=O) groups excluding carboxylic acids is 1. The maximum Gasteiger partial charge on any atom is 0.305 e. The van der Waals surface area contributed by atoms with Crippen molar-refractivity contribution >= 4 is 5.97 Å². The largest absolute Gasteiger partial charge is 0.469 e. The van der Waals surface area contributed by atoms with E-state index in [4.69, 9.17) is 0 Å². The molecule has 84 valence electrons. The van der Waals surface area contributed by atoms with Crippen molar-refractivity contribution in [3.63, 3.8) is 0 Å². The van der Waals surface area contributed by atoms with Crippen molar-refractivity contribution in [3.8, 4) is 0 Å².